The third kappa shape index (κ3) is 3.31. The topological polar surface area (TPSA) is 54.1 Å². The van der Waals surface area contributed by atoms with Gasteiger partial charge in [0.1, 0.15) is 5.75 Å². The number of benzene rings is 2. The molecular weight excluding hydrogens is 368 g/mol. The molecule has 1 amide bonds. The van der Waals surface area contributed by atoms with Crippen molar-refractivity contribution in [3.05, 3.63) is 57.7 Å². The van der Waals surface area contributed by atoms with Crippen LogP contribution >= 0.6 is 15.9 Å². The number of methoxy groups -OCH3 is 1. The van der Waals surface area contributed by atoms with Crippen molar-refractivity contribution in [1.82, 2.24) is 4.98 Å². The van der Waals surface area contributed by atoms with Crippen LogP contribution in [0.5, 0.6) is 5.75 Å². The number of carbonyl (C=O) groups excluding carboxylic acids is 1. The number of hydrogen-bond donors (Lipinski definition) is 2. The molecule has 1 aromatic heterocycles. The normalized spacial score (nSPS) is 10.8. The van der Waals surface area contributed by atoms with E-state index in [1.807, 2.05) is 50.2 Å². The Kier molecular flexibility index (Phi) is 4.62. The van der Waals surface area contributed by atoms with Gasteiger partial charge in [-0.15, -0.1) is 0 Å². The molecule has 1 heterocycles. The minimum Gasteiger partial charge on any atom is -0.497 e. The smallest absolute Gasteiger partial charge is 0.228 e. The standard InChI is InChI=1S/C19H19BrN2O2/c1-11-8-13(4-6-17(11)20)22-19(23)10-15-12(2)21-18-7-5-14(24-3)9-16(15)18/h4-9,21H,10H2,1-3H3,(H,22,23). The summed E-state index contributed by atoms with van der Waals surface area (Å²) < 4.78 is 6.32. The van der Waals surface area contributed by atoms with Crippen molar-refractivity contribution in [2.45, 2.75) is 20.3 Å². The van der Waals surface area contributed by atoms with Gasteiger partial charge in [0.15, 0.2) is 0 Å². The van der Waals surface area contributed by atoms with Crippen molar-refractivity contribution >= 4 is 38.4 Å². The molecular formula is C19H19BrN2O2. The van der Waals surface area contributed by atoms with Crippen LogP contribution in [0, 0.1) is 13.8 Å². The summed E-state index contributed by atoms with van der Waals surface area (Å²) in [6.45, 7) is 3.98. The number of carbonyl (C=O) groups is 1. The van der Waals surface area contributed by atoms with Crippen LogP contribution in [-0.2, 0) is 11.2 Å². The van der Waals surface area contributed by atoms with Crippen LogP contribution in [0.25, 0.3) is 10.9 Å². The average Bonchev–Trinajstić information content (AvgIpc) is 2.86. The second-order valence-electron chi connectivity index (χ2n) is 5.83. The molecule has 0 unspecified atom stereocenters. The summed E-state index contributed by atoms with van der Waals surface area (Å²) in [7, 11) is 1.64. The molecule has 3 rings (SSSR count). The molecule has 0 fully saturated rings. The van der Waals surface area contributed by atoms with E-state index in [0.29, 0.717) is 6.42 Å². The molecule has 0 saturated carbocycles. The predicted octanol–water partition coefficient (Wildman–Crippen LogP) is 4.74. The zero-order chi connectivity index (χ0) is 17.3. The van der Waals surface area contributed by atoms with Gasteiger partial charge in [-0.25, -0.2) is 0 Å². The van der Waals surface area contributed by atoms with Gasteiger partial charge < -0.3 is 15.0 Å². The maximum absolute atomic E-state index is 12.5. The van der Waals surface area contributed by atoms with Crippen LogP contribution in [0.4, 0.5) is 5.69 Å². The molecule has 0 saturated heterocycles. The van der Waals surface area contributed by atoms with Gasteiger partial charge in [-0.3, -0.25) is 4.79 Å². The first-order valence-electron chi connectivity index (χ1n) is 7.69. The van der Waals surface area contributed by atoms with E-state index in [2.05, 4.69) is 26.2 Å². The van der Waals surface area contributed by atoms with Crippen LogP contribution in [0.1, 0.15) is 16.8 Å². The number of fused-ring (bicyclic) bond motifs is 1. The van der Waals surface area contributed by atoms with E-state index in [1.165, 1.54) is 0 Å². The first-order chi connectivity index (χ1) is 11.5. The maximum atomic E-state index is 12.5. The number of aromatic amines is 1. The minimum absolute atomic E-state index is 0.0384. The molecule has 2 aromatic carbocycles. The van der Waals surface area contributed by atoms with Crippen molar-refractivity contribution in [2.24, 2.45) is 0 Å². The quantitative estimate of drug-likeness (QED) is 0.680. The van der Waals surface area contributed by atoms with Crippen molar-refractivity contribution in [2.75, 3.05) is 12.4 Å². The first-order valence-corrected chi connectivity index (χ1v) is 8.48. The van der Waals surface area contributed by atoms with Crippen LogP contribution in [-0.4, -0.2) is 18.0 Å². The van der Waals surface area contributed by atoms with E-state index < -0.39 is 0 Å². The summed E-state index contributed by atoms with van der Waals surface area (Å²) in [5.41, 5.74) is 4.89. The molecule has 2 N–H and O–H groups in total. The second-order valence-corrected chi connectivity index (χ2v) is 6.68. The zero-order valence-corrected chi connectivity index (χ0v) is 15.5. The summed E-state index contributed by atoms with van der Waals surface area (Å²) in [5.74, 6) is 0.746. The Morgan fingerprint density at radius 1 is 1.21 bits per heavy atom. The van der Waals surface area contributed by atoms with Gasteiger partial charge in [0, 0.05) is 26.8 Å². The molecule has 3 aromatic rings. The molecule has 0 bridgehead atoms. The average molecular weight is 387 g/mol. The number of halogens is 1. The third-order valence-electron chi connectivity index (χ3n) is 4.11. The van der Waals surface area contributed by atoms with Crippen molar-refractivity contribution < 1.29 is 9.53 Å². The number of anilines is 1. The Morgan fingerprint density at radius 3 is 2.71 bits per heavy atom. The summed E-state index contributed by atoms with van der Waals surface area (Å²) in [6, 6.07) is 11.6. The lowest BCUT2D eigenvalue weighted by Crippen LogP contribution is -2.14. The summed E-state index contributed by atoms with van der Waals surface area (Å²) in [6.07, 6.45) is 0.314. The molecule has 5 heteroatoms. The van der Waals surface area contributed by atoms with E-state index in [1.54, 1.807) is 7.11 Å². The van der Waals surface area contributed by atoms with Gasteiger partial charge in [0.05, 0.1) is 13.5 Å². The van der Waals surface area contributed by atoms with Gasteiger partial charge >= 0.3 is 0 Å². The number of aryl methyl sites for hydroxylation is 2. The molecule has 4 nitrogen and oxygen atoms in total. The van der Waals surface area contributed by atoms with Crippen molar-refractivity contribution in [3.8, 4) is 5.75 Å². The molecule has 0 aliphatic carbocycles. The van der Waals surface area contributed by atoms with E-state index in [4.69, 9.17) is 4.74 Å². The number of ether oxygens (including phenoxy) is 1. The van der Waals surface area contributed by atoms with Gasteiger partial charge in [-0.2, -0.15) is 0 Å². The third-order valence-corrected chi connectivity index (χ3v) is 5.00. The summed E-state index contributed by atoms with van der Waals surface area (Å²) >= 11 is 3.47. The van der Waals surface area contributed by atoms with Crippen LogP contribution in [0.15, 0.2) is 40.9 Å². The lowest BCUT2D eigenvalue weighted by Gasteiger charge is -2.08. The fourth-order valence-electron chi connectivity index (χ4n) is 2.80. The second kappa shape index (κ2) is 6.69. The molecule has 124 valence electrons. The molecule has 0 aliphatic heterocycles. The Balaban J connectivity index is 1.84. The van der Waals surface area contributed by atoms with E-state index in [-0.39, 0.29) is 5.91 Å². The van der Waals surface area contributed by atoms with Crippen LogP contribution in [0.2, 0.25) is 0 Å². The Morgan fingerprint density at radius 2 is 2.00 bits per heavy atom. The van der Waals surface area contributed by atoms with E-state index >= 15 is 0 Å². The van der Waals surface area contributed by atoms with Gasteiger partial charge in [-0.1, -0.05) is 15.9 Å². The fraction of sp³-hybridized carbons (Fsp3) is 0.211. The van der Waals surface area contributed by atoms with Gasteiger partial charge in [-0.05, 0) is 61.4 Å². The first kappa shape index (κ1) is 16.6. The minimum atomic E-state index is -0.0384. The van der Waals surface area contributed by atoms with Gasteiger partial charge in [0.25, 0.3) is 0 Å². The number of rotatable bonds is 4. The highest BCUT2D eigenvalue weighted by atomic mass is 79.9. The Hall–Kier alpha value is -2.27. The Bertz CT molecular complexity index is 915. The maximum Gasteiger partial charge on any atom is 0.228 e. The highest BCUT2D eigenvalue weighted by Gasteiger charge is 2.13. The zero-order valence-electron chi connectivity index (χ0n) is 13.9. The van der Waals surface area contributed by atoms with Gasteiger partial charge in [0.2, 0.25) is 5.91 Å². The number of aromatic nitrogens is 1. The molecule has 0 aliphatic rings. The molecule has 24 heavy (non-hydrogen) atoms. The summed E-state index contributed by atoms with van der Waals surface area (Å²) in [4.78, 5) is 15.8. The van der Waals surface area contributed by atoms with Crippen LogP contribution in [0.3, 0.4) is 0 Å². The Labute approximate surface area is 149 Å². The summed E-state index contributed by atoms with van der Waals surface area (Å²) in [5, 5.41) is 3.99. The number of H-pyrrole nitrogens is 1. The van der Waals surface area contributed by atoms with Crippen molar-refractivity contribution in [3.63, 3.8) is 0 Å². The SMILES string of the molecule is COc1ccc2[nH]c(C)c(CC(=O)Nc3ccc(Br)c(C)c3)c2c1. The molecule has 0 atom stereocenters. The number of nitrogens with one attached hydrogen (secondary N) is 2. The van der Waals surface area contributed by atoms with E-state index in [9.17, 15) is 4.79 Å². The molecule has 0 radical (unpaired) electrons. The van der Waals surface area contributed by atoms with E-state index in [0.717, 1.165) is 43.6 Å². The van der Waals surface area contributed by atoms with Crippen molar-refractivity contribution in [1.29, 1.82) is 0 Å². The van der Waals surface area contributed by atoms with Crippen LogP contribution < -0.4 is 10.1 Å². The fourth-order valence-corrected chi connectivity index (χ4v) is 3.05. The number of amides is 1. The predicted molar refractivity (Wildman–Crippen MR) is 101 cm³/mol. The highest BCUT2D eigenvalue weighted by Crippen LogP contribution is 2.27. The largest absolute Gasteiger partial charge is 0.497 e. The number of hydrogen-bond acceptors (Lipinski definition) is 2. The monoisotopic (exact) mass is 386 g/mol. The molecule has 0 spiro atoms. The highest BCUT2D eigenvalue weighted by molar-refractivity contribution is 9.10. The lowest BCUT2D eigenvalue weighted by atomic mass is 10.1. The lowest BCUT2D eigenvalue weighted by molar-refractivity contribution is -0.115.